The summed E-state index contributed by atoms with van der Waals surface area (Å²) in [5.74, 6) is 1.68. The molecule has 0 fully saturated rings. The van der Waals surface area contributed by atoms with Crippen molar-refractivity contribution in [1.29, 1.82) is 0 Å². The number of rotatable bonds is 9. The van der Waals surface area contributed by atoms with Crippen molar-refractivity contribution >= 4 is 0 Å². The van der Waals surface area contributed by atoms with Crippen LogP contribution < -0.4 is 4.74 Å². The van der Waals surface area contributed by atoms with Crippen LogP contribution in [-0.2, 0) is 5.41 Å². The Labute approximate surface area is 139 Å². The topological polar surface area (TPSA) is 9.23 Å². The molecule has 0 N–H and O–H groups in total. The SMILES string of the molecule is C=CCC(CC=C)(CC=C)c1ccc(Oc2ccccc2)cc1. The van der Waals surface area contributed by atoms with Crippen LogP contribution in [0.2, 0.25) is 0 Å². The van der Waals surface area contributed by atoms with Crippen LogP contribution in [-0.4, -0.2) is 0 Å². The van der Waals surface area contributed by atoms with E-state index in [1.54, 1.807) is 0 Å². The van der Waals surface area contributed by atoms with E-state index in [0.717, 1.165) is 30.8 Å². The minimum Gasteiger partial charge on any atom is -0.457 e. The van der Waals surface area contributed by atoms with Gasteiger partial charge in [-0.05, 0) is 49.1 Å². The van der Waals surface area contributed by atoms with Gasteiger partial charge in [-0.1, -0.05) is 48.6 Å². The van der Waals surface area contributed by atoms with E-state index in [2.05, 4.69) is 31.9 Å². The monoisotopic (exact) mass is 304 g/mol. The smallest absolute Gasteiger partial charge is 0.127 e. The van der Waals surface area contributed by atoms with E-state index in [9.17, 15) is 0 Å². The predicted octanol–water partition coefficient (Wildman–Crippen LogP) is 6.45. The molecule has 0 unspecified atom stereocenters. The van der Waals surface area contributed by atoms with Crippen LogP contribution in [0.5, 0.6) is 11.5 Å². The average molecular weight is 304 g/mol. The molecule has 0 aromatic heterocycles. The Morgan fingerprint density at radius 2 is 1.17 bits per heavy atom. The van der Waals surface area contributed by atoms with Gasteiger partial charge in [-0.15, -0.1) is 19.7 Å². The molecule has 0 saturated carbocycles. The first-order valence-electron chi connectivity index (χ1n) is 7.90. The maximum atomic E-state index is 5.87. The fourth-order valence-electron chi connectivity index (χ4n) is 2.93. The van der Waals surface area contributed by atoms with E-state index < -0.39 is 0 Å². The van der Waals surface area contributed by atoms with Gasteiger partial charge in [0.2, 0.25) is 0 Å². The van der Waals surface area contributed by atoms with Crippen molar-refractivity contribution in [3.63, 3.8) is 0 Å². The summed E-state index contributed by atoms with van der Waals surface area (Å²) in [5, 5.41) is 0. The normalized spacial score (nSPS) is 10.8. The van der Waals surface area contributed by atoms with Gasteiger partial charge in [0.1, 0.15) is 11.5 Å². The Kier molecular flexibility index (Phi) is 5.99. The van der Waals surface area contributed by atoms with Crippen molar-refractivity contribution in [1.82, 2.24) is 0 Å². The lowest BCUT2D eigenvalue weighted by molar-refractivity contribution is 0.439. The zero-order valence-electron chi connectivity index (χ0n) is 13.6. The fourth-order valence-corrected chi connectivity index (χ4v) is 2.93. The number of hydrogen-bond acceptors (Lipinski definition) is 1. The van der Waals surface area contributed by atoms with Crippen molar-refractivity contribution in [2.24, 2.45) is 0 Å². The van der Waals surface area contributed by atoms with E-state index in [0.29, 0.717) is 0 Å². The number of hydrogen-bond donors (Lipinski definition) is 0. The molecule has 0 spiro atoms. The summed E-state index contributed by atoms with van der Waals surface area (Å²) in [6.45, 7) is 11.7. The van der Waals surface area contributed by atoms with E-state index in [4.69, 9.17) is 4.74 Å². The zero-order chi connectivity index (χ0) is 16.5. The first-order chi connectivity index (χ1) is 11.2. The van der Waals surface area contributed by atoms with Crippen molar-refractivity contribution in [2.45, 2.75) is 24.7 Å². The maximum absolute atomic E-state index is 5.87. The second kappa shape index (κ2) is 8.19. The lowest BCUT2D eigenvalue weighted by Crippen LogP contribution is -2.24. The van der Waals surface area contributed by atoms with Crippen molar-refractivity contribution in [2.75, 3.05) is 0 Å². The van der Waals surface area contributed by atoms with Crippen LogP contribution in [0.25, 0.3) is 0 Å². The maximum Gasteiger partial charge on any atom is 0.127 e. The number of ether oxygens (including phenoxy) is 1. The summed E-state index contributed by atoms with van der Waals surface area (Å²) in [6.07, 6.45) is 8.60. The molecule has 0 aliphatic heterocycles. The Morgan fingerprint density at radius 3 is 1.65 bits per heavy atom. The van der Waals surface area contributed by atoms with Crippen molar-refractivity contribution < 1.29 is 4.74 Å². The Morgan fingerprint density at radius 1 is 0.696 bits per heavy atom. The Balaban J connectivity index is 2.25. The summed E-state index contributed by atoms with van der Waals surface area (Å²) in [4.78, 5) is 0. The Hall–Kier alpha value is -2.54. The highest BCUT2D eigenvalue weighted by molar-refractivity contribution is 5.37. The van der Waals surface area contributed by atoms with Gasteiger partial charge in [0.05, 0.1) is 0 Å². The molecule has 0 aliphatic carbocycles. The second-order valence-corrected chi connectivity index (χ2v) is 5.70. The third-order valence-corrected chi connectivity index (χ3v) is 4.05. The molecule has 118 valence electrons. The predicted molar refractivity (Wildman–Crippen MR) is 99.1 cm³/mol. The van der Waals surface area contributed by atoms with Gasteiger partial charge in [0, 0.05) is 5.41 Å². The fraction of sp³-hybridized carbons (Fsp3) is 0.182. The van der Waals surface area contributed by atoms with Gasteiger partial charge in [0.25, 0.3) is 0 Å². The molecular formula is C22H24O. The molecule has 0 aliphatic rings. The molecule has 0 atom stereocenters. The highest BCUT2D eigenvalue weighted by Crippen LogP contribution is 2.37. The molecule has 2 rings (SSSR count). The molecule has 23 heavy (non-hydrogen) atoms. The van der Waals surface area contributed by atoms with Crippen molar-refractivity contribution in [3.05, 3.63) is 98.1 Å². The summed E-state index contributed by atoms with van der Waals surface area (Å²) in [6, 6.07) is 18.1. The number of allylic oxidation sites excluding steroid dienone is 3. The minimum atomic E-state index is -0.0173. The van der Waals surface area contributed by atoms with Crippen LogP contribution in [0.15, 0.2) is 92.6 Å². The summed E-state index contributed by atoms with van der Waals surface area (Å²) >= 11 is 0. The lowest BCUT2D eigenvalue weighted by atomic mass is 9.72. The average Bonchev–Trinajstić information content (AvgIpc) is 2.57. The lowest BCUT2D eigenvalue weighted by Gasteiger charge is -2.32. The van der Waals surface area contributed by atoms with Crippen molar-refractivity contribution in [3.8, 4) is 11.5 Å². The molecule has 0 bridgehead atoms. The first-order valence-corrected chi connectivity index (χ1v) is 7.90. The zero-order valence-corrected chi connectivity index (χ0v) is 13.6. The second-order valence-electron chi connectivity index (χ2n) is 5.70. The van der Waals surface area contributed by atoms with Gasteiger partial charge < -0.3 is 4.74 Å². The van der Waals surface area contributed by atoms with Gasteiger partial charge in [-0.3, -0.25) is 0 Å². The van der Waals surface area contributed by atoms with Gasteiger partial charge >= 0.3 is 0 Å². The molecular weight excluding hydrogens is 280 g/mol. The first kappa shape index (κ1) is 16.8. The standard InChI is InChI=1S/C22H24O/c1-4-16-22(17-5-2,18-6-3)19-12-14-21(15-13-19)23-20-10-8-7-9-11-20/h4-15H,1-3,16-18H2. The minimum absolute atomic E-state index is 0.0173. The third-order valence-electron chi connectivity index (χ3n) is 4.05. The van der Waals surface area contributed by atoms with E-state index >= 15 is 0 Å². The summed E-state index contributed by atoms with van der Waals surface area (Å²) in [5.41, 5.74) is 1.24. The highest BCUT2D eigenvalue weighted by Gasteiger charge is 2.28. The Bertz CT molecular complexity index is 611. The molecule has 0 radical (unpaired) electrons. The summed E-state index contributed by atoms with van der Waals surface area (Å²) in [7, 11) is 0. The molecule has 1 nitrogen and oxygen atoms in total. The van der Waals surface area contributed by atoms with E-state index in [-0.39, 0.29) is 5.41 Å². The van der Waals surface area contributed by atoms with E-state index in [1.165, 1.54) is 5.56 Å². The third kappa shape index (κ3) is 4.23. The molecule has 0 amide bonds. The molecule has 2 aromatic rings. The van der Waals surface area contributed by atoms with Crippen LogP contribution in [0, 0.1) is 0 Å². The van der Waals surface area contributed by atoms with Gasteiger partial charge in [0.15, 0.2) is 0 Å². The highest BCUT2D eigenvalue weighted by atomic mass is 16.5. The quantitative estimate of drug-likeness (QED) is 0.484. The molecule has 0 saturated heterocycles. The van der Waals surface area contributed by atoms with Crippen LogP contribution in [0.4, 0.5) is 0 Å². The van der Waals surface area contributed by atoms with Gasteiger partial charge in [-0.25, -0.2) is 0 Å². The van der Waals surface area contributed by atoms with Crippen LogP contribution in [0.3, 0.4) is 0 Å². The molecule has 0 heterocycles. The largest absolute Gasteiger partial charge is 0.457 e. The summed E-state index contributed by atoms with van der Waals surface area (Å²) < 4.78 is 5.87. The molecule has 2 aromatic carbocycles. The van der Waals surface area contributed by atoms with Gasteiger partial charge in [-0.2, -0.15) is 0 Å². The number of para-hydroxylation sites is 1. The van der Waals surface area contributed by atoms with E-state index in [1.807, 2.05) is 60.7 Å². The van der Waals surface area contributed by atoms with Crippen LogP contribution in [0.1, 0.15) is 24.8 Å². The number of benzene rings is 2. The molecule has 1 heteroatoms. The van der Waals surface area contributed by atoms with Crippen LogP contribution >= 0.6 is 0 Å².